The summed E-state index contributed by atoms with van der Waals surface area (Å²) in [5, 5.41) is 3.47. The monoisotopic (exact) mass is 135 g/mol. The van der Waals surface area contributed by atoms with E-state index in [9.17, 15) is 0 Å². The molecule has 0 saturated heterocycles. The summed E-state index contributed by atoms with van der Waals surface area (Å²) in [6, 6.07) is 0. The number of rotatable bonds is 2. The third kappa shape index (κ3) is 1.96. The Hall–Kier alpha value is -1.21. The van der Waals surface area contributed by atoms with Gasteiger partial charge < -0.3 is 0 Å². The molecule has 0 radical (unpaired) electrons. The van der Waals surface area contributed by atoms with Gasteiger partial charge in [0.05, 0.1) is 0 Å². The lowest BCUT2D eigenvalue weighted by Crippen LogP contribution is -1.89. The zero-order chi connectivity index (χ0) is 7.23. The van der Waals surface area contributed by atoms with E-state index in [1.165, 1.54) is 5.57 Å². The van der Waals surface area contributed by atoms with Crippen molar-refractivity contribution < 1.29 is 0 Å². The Kier molecular flexibility index (Phi) is 2.59. The zero-order valence-corrected chi connectivity index (χ0v) is 5.70. The molecule has 0 atom stereocenters. The largest absolute Gasteiger partial charge is 0.0896 e. The molecule has 0 aromatic heterocycles. The zero-order valence-electron chi connectivity index (χ0n) is 5.70. The molecular weight excluding hydrogens is 126 g/mol. The standard InChI is InChI=1S/C7H9N3/c8-10-9-6-7-4-2-1-3-5-7/h1-2,4H,3,5-6H2. The average molecular weight is 135 g/mol. The fourth-order valence-electron chi connectivity index (χ4n) is 0.907. The Morgan fingerprint density at radius 2 is 2.60 bits per heavy atom. The molecule has 0 amide bonds. The molecule has 0 unspecified atom stereocenters. The van der Waals surface area contributed by atoms with E-state index in [1.54, 1.807) is 0 Å². The van der Waals surface area contributed by atoms with Crippen LogP contribution in [0.1, 0.15) is 12.8 Å². The highest BCUT2D eigenvalue weighted by Gasteiger charge is 1.95. The molecule has 0 aliphatic heterocycles. The SMILES string of the molecule is [N-]=[N+]=NCC1=CC=CCC1. The van der Waals surface area contributed by atoms with Crippen LogP contribution in [0.3, 0.4) is 0 Å². The summed E-state index contributed by atoms with van der Waals surface area (Å²) in [5.74, 6) is 0. The van der Waals surface area contributed by atoms with Gasteiger partial charge in [0.15, 0.2) is 0 Å². The Morgan fingerprint density at radius 1 is 1.70 bits per heavy atom. The van der Waals surface area contributed by atoms with Crippen molar-refractivity contribution in [2.45, 2.75) is 12.8 Å². The van der Waals surface area contributed by atoms with Crippen molar-refractivity contribution in [2.24, 2.45) is 5.11 Å². The summed E-state index contributed by atoms with van der Waals surface area (Å²) in [5.41, 5.74) is 9.23. The first-order chi connectivity index (χ1) is 4.93. The fraction of sp³-hybridized carbons (Fsp3) is 0.429. The van der Waals surface area contributed by atoms with Crippen molar-refractivity contribution in [3.05, 3.63) is 34.2 Å². The Labute approximate surface area is 59.7 Å². The van der Waals surface area contributed by atoms with Gasteiger partial charge in [-0.1, -0.05) is 28.9 Å². The van der Waals surface area contributed by atoms with Gasteiger partial charge in [-0.05, 0) is 18.4 Å². The smallest absolute Gasteiger partial charge is 0.0473 e. The molecule has 0 aromatic rings. The quantitative estimate of drug-likeness (QED) is 0.317. The molecule has 1 aliphatic carbocycles. The minimum Gasteiger partial charge on any atom is -0.0896 e. The molecule has 0 fully saturated rings. The molecular formula is C7H9N3. The van der Waals surface area contributed by atoms with Crippen LogP contribution < -0.4 is 0 Å². The molecule has 3 nitrogen and oxygen atoms in total. The van der Waals surface area contributed by atoms with Crippen LogP contribution >= 0.6 is 0 Å². The van der Waals surface area contributed by atoms with Gasteiger partial charge in [-0.15, -0.1) is 0 Å². The third-order valence-electron chi connectivity index (χ3n) is 1.44. The Morgan fingerprint density at radius 3 is 3.20 bits per heavy atom. The van der Waals surface area contributed by atoms with E-state index in [1.807, 2.05) is 12.2 Å². The molecule has 0 aromatic carbocycles. The van der Waals surface area contributed by atoms with Gasteiger partial charge in [-0.25, -0.2) is 0 Å². The van der Waals surface area contributed by atoms with Gasteiger partial charge in [-0.3, -0.25) is 0 Å². The van der Waals surface area contributed by atoms with Crippen molar-refractivity contribution >= 4 is 0 Å². The van der Waals surface area contributed by atoms with Crippen molar-refractivity contribution in [2.75, 3.05) is 6.54 Å². The van der Waals surface area contributed by atoms with Gasteiger partial charge in [0.1, 0.15) is 0 Å². The average Bonchev–Trinajstić information content (AvgIpc) is 2.03. The van der Waals surface area contributed by atoms with E-state index < -0.39 is 0 Å². The van der Waals surface area contributed by atoms with Crippen molar-refractivity contribution in [3.8, 4) is 0 Å². The normalized spacial score (nSPS) is 15.8. The van der Waals surface area contributed by atoms with Crippen LogP contribution in [0.25, 0.3) is 10.4 Å². The first kappa shape index (κ1) is 6.90. The molecule has 10 heavy (non-hydrogen) atoms. The van der Waals surface area contributed by atoms with Gasteiger partial charge in [0.25, 0.3) is 0 Å². The molecule has 0 spiro atoms. The van der Waals surface area contributed by atoms with Crippen molar-refractivity contribution in [1.82, 2.24) is 0 Å². The van der Waals surface area contributed by atoms with Crippen LogP contribution in [-0.2, 0) is 0 Å². The van der Waals surface area contributed by atoms with Gasteiger partial charge in [-0.2, -0.15) is 0 Å². The van der Waals surface area contributed by atoms with Crippen LogP contribution in [-0.4, -0.2) is 6.54 Å². The molecule has 0 saturated carbocycles. The second kappa shape index (κ2) is 3.75. The summed E-state index contributed by atoms with van der Waals surface area (Å²) < 4.78 is 0. The minimum atomic E-state index is 0.529. The summed E-state index contributed by atoms with van der Waals surface area (Å²) in [7, 11) is 0. The predicted octanol–water partition coefficient (Wildman–Crippen LogP) is 2.57. The Balaban J connectivity index is 2.46. The summed E-state index contributed by atoms with van der Waals surface area (Å²) in [4.78, 5) is 2.69. The number of hydrogen-bond acceptors (Lipinski definition) is 1. The third-order valence-corrected chi connectivity index (χ3v) is 1.44. The van der Waals surface area contributed by atoms with Crippen molar-refractivity contribution in [3.63, 3.8) is 0 Å². The maximum Gasteiger partial charge on any atom is 0.0473 e. The van der Waals surface area contributed by atoms with E-state index >= 15 is 0 Å². The minimum absolute atomic E-state index is 0.529. The molecule has 1 aliphatic rings. The second-order valence-electron chi connectivity index (χ2n) is 2.18. The second-order valence-corrected chi connectivity index (χ2v) is 2.18. The molecule has 52 valence electrons. The van der Waals surface area contributed by atoms with Crippen LogP contribution in [0.15, 0.2) is 28.9 Å². The lowest BCUT2D eigenvalue weighted by molar-refractivity contribution is 0.911. The van der Waals surface area contributed by atoms with Crippen LogP contribution in [0.2, 0.25) is 0 Å². The highest BCUT2D eigenvalue weighted by Crippen LogP contribution is 2.11. The van der Waals surface area contributed by atoms with E-state index in [-0.39, 0.29) is 0 Å². The lowest BCUT2D eigenvalue weighted by Gasteiger charge is -2.03. The van der Waals surface area contributed by atoms with Gasteiger partial charge >= 0.3 is 0 Å². The van der Waals surface area contributed by atoms with E-state index in [0.29, 0.717) is 6.54 Å². The number of nitrogens with zero attached hydrogens (tertiary/aromatic N) is 3. The number of azide groups is 1. The summed E-state index contributed by atoms with van der Waals surface area (Å²) >= 11 is 0. The summed E-state index contributed by atoms with van der Waals surface area (Å²) in [6.07, 6.45) is 8.24. The molecule has 0 bridgehead atoms. The topological polar surface area (TPSA) is 48.8 Å². The van der Waals surface area contributed by atoms with Gasteiger partial charge in [0.2, 0.25) is 0 Å². The van der Waals surface area contributed by atoms with E-state index in [4.69, 9.17) is 5.53 Å². The summed E-state index contributed by atoms with van der Waals surface area (Å²) in [6.45, 7) is 0.529. The number of hydrogen-bond donors (Lipinski definition) is 0. The first-order valence-electron chi connectivity index (χ1n) is 3.29. The first-order valence-corrected chi connectivity index (χ1v) is 3.29. The van der Waals surface area contributed by atoms with Gasteiger partial charge in [0, 0.05) is 11.5 Å². The van der Waals surface area contributed by atoms with Crippen LogP contribution in [0.5, 0.6) is 0 Å². The van der Waals surface area contributed by atoms with E-state index in [0.717, 1.165) is 12.8 Å². The highest BCUT2D eigenvalue weighted by atomic mass is 15.1. The van der Waals surface area contributed by atoms with Crippen LogP contribution in [0.4, 0.5) is 0 Å². The maximum absolute atomic E-state index is 8.01. The fourth-order valence-corrected chi connectivity index (χ4v) is 0.907. The lowest BCUT2D eigenvalue weighted by atomic mass is 10.1. The predicted molar refractivity (Wildman–Crippen MR) is 40.5 cm³/mol. The molecule has 0 heterocycles. The number of allylic oxidation sites excluding steroid dienone is 3. The molecule has 0 N–H and O–H groups in total. The molecule has 3 heteroatoms. The van der Waals surface area contributed by atoms with Crippen LogP contribution in [0, 0.1) is 0 Å². The maximum atomic E-state index is 8.01. The molecule has 1 rings (SSSR count). The Bertz CT molecular complexity index is 209. The van der Waals surface area contributed by atoms with E-state index in [2.05, 4.69) is 16.1 Å². The highest BCUT2D eigenvalue weighted by molar-refractivity contribution is 5.18. The van der Waals surface area contributed by atoms with Crippen molar-refractivity contribution in [1.29, 1.82) is 0 Å².